The molecule has 0 saturated carbocycles. The smallest absolute Gasteiger partial charge is 0.222 e. The van der Waals surface area contributed by atoms with E-state index in [9.17, 15) is 20.1 Å². The lowest BCUT2D eigenvalue weighted by Crippen LogP contribution is -2.45. The Hall–Kier alpha value is -1.17. The molecule has 0 aromatic rings. The molecule has 0 rings (SSSR count). The molecule has 0 aliphatic rings. The average Bonchev–Trinajstić information content (AvgIpc) is 3.14. The Bertz CT molecular complexity index is 768. The van der Waals surface area contributed by atoms with Crippen molar-refractivity contribution in [2.45, 2.75) is 263 Å². The van der Waals surface area contributed by atoms with Gasteiger partial charge in [0.15, 0.2) is 0 Å². The highest BCUT2D eigenvalue weighted by Crippen LogP contribution is 2.16. The molecule has 3 atom stereocenters. The Labute approximate surface area is 324 Å². The van der Waals surface area contributed by atoms with Crippen molar-refractivity contribution in [3.05, 3.63) is 24.3 Å². The summed E-state index contributed by atoms with van der Waals surface area (Å²) in [5.74, 6) is -0.323. The van der Waals surface area contributed by atoms with Crippen LogP contribution in [-0.4, -0.2) is 46.1 Å². The first-order chi connectivity index (χ1) is 25.5. The maximum Gasteiger partial charge on any atom is 0.222 e. The highest BCUT2D eigenvalue weighted by molar-refractivity contribution is 5.76. The molecular formula is C47H91NO4. The number of aliphatic hydroxyl groups excluding tert-OH is 3. The first-order valence-electron chi connectivity index (χ1n) is 23.1. The van der Waals surface area contributed by atoms with E-state index in [1.54, 1.807) is 6.08 Å². The number of carbonyl (C=O) groups is 1. The third-order valence-electron chi connectivity index (χ3n) is 10.7. The molecule has 0 radical (unpaired) electrons. The summed E-state index contributed by atoms with van der Waals surface area (Å²) >= 11 is 0. The predicted octanol–water partition coefficient (Wildman–Crippen LogP) is 13.4. The van der Waals surface area contributed by atoms with Crippen LogP contribution in [-0.2, 0) is 4.79 Å². The fourth-order valence-corrected chi connectivity index (χ4v) is 7.18. The van der Waals surface area contributed by atoms with Gasteiger partial charge in [0.05, 0.1) is 31.3 Å². The number of aliphatic hydroxyl groups is 3. The Morgan fingerprint density at radius 3 is 1.23 bits per heavy atom. The van der Waals surface area contributed by atoms with Crippen LogP contribution in [0.25, 0.3) is 0 Å². The Morgan fingerprint density at radius 2 is 0.827 bits per heavy atom. The van der Waals surface area contributed by atoms with Crippen LogP contribution in [0, 0.1) is 0 Å². The first kappa shape index (κ1) is 50.8. The van der Waals surface area contributed by atoms with Gasteiger partial charge < -0.3 is 20.6 Å². The van der Waals surface area contributed by atoms with Crippen molar-refractivity contribution in [3.63, 3.8) is 0 Å². The van der Waals surface area contributed by atoms with E-state index in [0.29, 0.717) is 6.42 Å². The topological polar surface area (TPSA) is 89.8 Å². The summed E-state index contributed by atoms with van der Waals surface area (Å²) in [7, 11) is 0. The number of rotatable bonds is 42. The van der Waals surface area contributed by atoms with Gasteiger partial charge in [0.1, 0.15) is 0 Å². The van der Waals surface area contributed by atoms with E-state index in [1.165, 1.54) is 186 Å². The first-order valence-corrected chi connectivity index (χ1v) is 23.1. The van der Waals surface area contributed by atoms with E-state index < -0.39 is 18.2 Å². The van der Waals surface area contributed by atoms with Crippen LogP contribution >= 0.6 is 0 Å². The predicted molar refractivity (Wildman–Crippen MR) is 227 cm³/mol. The van der Waals surface area contributed by atoms with Gasteiger partial charge in [-0.2, -0.15) is 0 Å². The van der Waals surface area contributed by atoms with Crippen molar-refractivity contribution in [1.82, 2.24) is 5.32 Å². The van der Waals surface area contributed by atoms with Gasteiger partial charge in [0, 0.05) is 0 Å². The Morgan fingerprint density at radius 1 is 0.481 bits per heavy atom. The molecule has 308 valence electrons. The lowest BCUT2D eigenvalue weighted by atomic mass is 10.0. The van der Waals surface area contributed by atoms with Crippen molar-refractivity contribution in [2.24, 2.45) is 0 Å². The van der Waals surface area contributed by atoms with Crippen LogP contribution in [0.2, 0.25) is 0 Å². The van der Waals surface area contributed by atoms with E-state index in [2.05, 4.69) is 31.3 Å². The van der Waals surface area contributed by atoms with Crippen LogP contribution < -0.4 is 5.32 Å². The summed E-state index contributed by atoms with van der Waals surface area (Å²) in [4.78, 5) is 12.4. The molecule has 3 unspecified atom stereocenters. The molecule has 4 N–H and O–H groups in total. The molecule has 0 fully saturated rings. The van der Waals surface area contributed by atoms with E-state index in [-0.39, 0.29) is 18.9 Å². The molecule has 0 bridgehead atoms. The molecule has 0 heterocycles. The molecule has 1 amide bonds. The second kappa shape index (κ2) is 42.6. The SMILES string of the molecule is CCCCCCCCCCCCCCCCCCC/C=C/CC/C=C/C(O)C(CO)NC(=O)CC(O)CCCCCCCCCCCCCCCC. The molecule has 0 aromatic heterocycles. The number of carbonyl (C=O) groups excluding carboxylic acids is 1. The quantitative estimate of drug-likeness (QED) is 0.0371. The van der Waals surface area contributed by atoms with Gasteiger partial charge in [0.25, 0.3) is 0 Å². The van der Waals surface area contributed by atoms with Crippen molar-refractivity contribution < 1.29 is 20.1 Å². The van der Waals surface area contributed by atoms with Crippen LogP contribution in [0.5, 0.6) is 0 Å². The van der Waals surface area contributed by atoms with Crippen molar-refractivity contribution in [1.29, 1.82) is 0 Å². The van der Waals surface area contributed by atoms with E-state index in [1.807, 2.05) is 6.08 Å². The summed E-state index contributed by atoms with van der Waals surface area (Å²) in [6.07, 6.45) is 51.9. The molecular weight excluding hydrogens is 643 g/mol. The van der Waals surface area contributed by atoms with Crippen molar-refractivity contribution >= 4 is 5.91 Å². The lowest BCUT2D eigenvalue weighted by Gasteiger charge is -2.21. The largest absolute Gasteiger partial charge is 0.394 e. The summed E-state index contributed by atoms with van der Waals surface area (Å²) in [5, 5.41) is 33.2. The number of unbranched alkanes of at least 4 members (excludes halogenated alkanes) is 31. The van der Waals surface area contributed by atoms with Gasteiger partial charge in [-0.05, 0) is 32.1 Å². The van der Waals surface area contributed by atoms with Crippen LogP contribution in [0.15, 0.2) is 24.3 Å². The van der Waals surface area contributed by atoms with E-state index in [4.69, 9.17) is 0 Å². The maximum atomic E-state index is 12.4. The summed E-state index contributed by atoms with van der Waals surface area (Å²) < 4.78 is 0. The molecule has 0 aliphatic heterocycles. The number of allylic oxidation sites excluding steroid dienone is 3. The summed E-state index contributed by atoms with van der Waals surface area (Å²) in [5.41, 5.74) is 0. The summed E-state index contributed by atoms with van der Waals surface area (Å²) in [6, 6.07) is -0.757. The zero-order valence-electron chi connectivity index (χ0n) is 35.0. The monoisotopic (exact) mass is 734 g/mol. The maximum absolute atomic E-state index is 12.4. The van der Waals surface area contributed by atoms with Crippen LogP contribution in [0.1, 0.15) is 245 Å². The minimum Gasteiger partial charge on any atom is -0.394 e. The molecule has 0 spiro atoms. The second-order valence-electron chi connectivity index (χ2n) is 16.0. The van der Waals surface area contributed by atoms with Gasteiger partial charge in [0.2, 0.25) is 5.91 Å². The van der Waals surface area contributed by atoms with Gasteiger partial charge in [-0.3, -0.25) is 4.79 Å². The molecule has 0 aliphatic carbocycles. The fourth-order valence-electron chi connectivity index (χ4n) is 7.18. The van der Waals surface area contributed by atoms with Crippen LogP contribution in [0.4, 0.5) is 0 Å². The highest BCUT2D eigenvalue weighted by Gasteiger charge is 2.20. The Kier molecular flexibility index (Phi) is 41.6. The summed E-state index contributed by atoms with van der Waals surface area (Å²) in [6.45, 7) is 4.21. The normalized spacial score (nSPS) is 13.7. The van der Waals surface area contributed by atoms with Crippen molar-refractivity contribution in [2.75, 3.05) is 6.61 Å². The standard InChI is InChI=1S/C47H91NO4/c1-3-5-7-9-11-13-15-17-19-20-21-22-23-24-25-26-27-29-31-33-35-37-39-41-46(51)45(43-49)48-47(52)42-44(50)40-38-36-34-32-30-28-18-16-14-12-10-8-6-4-2/h31,33,39,41,44-46,49-51H,3-30,32,34-38,40,42-43H2,1-2H3,(H,48,52)/b33-31+,41-39+. The average molecular weight is 734 g/mol. The minimum atomic E-state index is -0.948. The van der Waals surface area contributed by atoms with Gasteiger partial charge in [-0.15, -0.1) is 0 Å². The third-order valence-corrected chi connectivity index (χ3v) is 10.7. The molecule has 5 heteroatoms. The number of amides is 1. The second-order valence-corrected chi connectivity index (χ2v) is 16.0. The Balaban J connectivity index is 3.66. The zero-order chi connectivity index (χ0) is 38.0. The number of nitrogens with one attached hydrogen (secondary N) is 1. The highest BCUT2D eigenvalue weighted by atomic mass is 16.3. The number of hydrogen-bond acceptors (Lipinski definition) is 4. The molecule has 0 saturated heterocycles. The molecule has 0 aromatic carbocycles. The number of hydrogen-bond donors (Lipinski definition) is 4. The minimum absolute atomic E-state index is 0.00954. The third kappa shape index (κ3) is 38.6. The van der Waals surface area contributed by atoms with Crippen LogP contribution in [0.3, 0.4) is 0 Å². The fraction of sp³-hybridized carbons (Fsp3) is 0.894. The zero-order valence-corrected chi connectivity index (χ0v) is 35.0. The molecule has 52 heavy (non-hydrogen) atoms. The van der Waals surface area contributed by atoms with Gasteiger partial charge in [-0.25, -0.2) is 0 Å². The lowest BCUT2D eigenvalue weighted by molar-refractivity contribution is -0.124. The van der Waals surface area contributed by atoms with Crippen molar-refractivity contribution in [3.8, 4) is 0 Å². The van der Waals surface area contributed by atoms with Gasteiger partial charge in [-0.1, -0.05) is 231 Å². The van der Waals surface area contributed by atoms with Gasteiger partial charge >= 0.3 is 0 Å². The van der Waals surface area contributed by atoms with E-state index in [0.717, 1.165) is 32.1 Å². The molecule has 5 nitrogen and oxygen atoms in total. The van der Waals surface area contributed by atoms with E-state index >= 15 is 0 Å².